The Morgan fingerprint density at radius 3 is 2.56 bits per heavy atom. The van der Waals surface area contributed by atoms with Crippen LogP contribution in [0.2, 0.25) is 0 Å². The van der Waals surface area contributed by atoms with Gasteiger partial charge in [-0.05, 0) is 73.9 Å². The maximum absolute atomic E-state index is 12.3. The summed E-state index contributed by atoms with van der Waals surface area (Å²) < 4.78 is 1.99. The number of carboxylic acids is 1. The summed E-state index contributed by atoms with van der Waals surface area (Å²) in [4.78, 5) is 31.1. The molecule has 2 fully saturated rings. The van der Waals surface area contributed by atoms with Crippen LogP contribution in [-0.4, -0.2) is 72.3 Å². The maximum atomic E-state index is 12.3. The molecule has 0 saturated carbocycles. The molecule has 4 heterocycles. The smallest absolute Gasteiger partial charge is 0.303 e. The summed E-state index contributed by atoms with van der Waals surface area (Å²) in [7, 11) is 4.11. The molecule has 4 atom stereocenters. The van der Waals surface area contributed by atoms with E-state index in [4.69, 9.17) is 0 Å². The number of hydrogen-bond acceptors (Lipinski definition) is 5. The van der Waals surface area contributed by atoms with Crippen LogP contribution in [0.4, 0.5) is 5.69 Å². The molecule has 1 N–H and O–H groups in total. The van der Waals surface area contributed by atoms with Crippen molar-refractivity contribution in [2.24, 2.45) is 17.8 Å². The Balaban J connectivity index is 1.21. The lowest BCUT2D eigenvalue weighted by Crippen LogP contribution is -2.48. The Morgan fingerprint density at radius 1 is 1.00 bits per heavy atom. The fraction of sp³-hybridized carbons (Fsp3) is 0.586. The van der Waals surface area contributed by atoms with Gasteiger partial charge >= 0.3 is 5.97 Å². The molecule has 194 valence electrons. The number of fused-ring (bicyclic) bond motifs is 4. The summed E-state index contributed by atoms with van der Waals surface area (Å²) in [6.07, 6.45) is 3.44. The number of carbonyl (C=O) groups is 1. The number of aromatic nitrogens is 1. The fourth-order valence-electron chi connectivity index (χ4n) is 6.80. The van der Waals surface area contributed by atoms with Crippen LogP contribution in [0.15, 0.2) is 47.3 Å². The predicted molar refractivity (Wildman–Crippen MR) is 143 cm³/mol. The highest BCUT2D eigenvalue weighted by Crippen LogP contribution is 2.36. The number of anilines is 1. The zero-order valence-electron chi connectivity index (χ0n) is 21.7. The zero-order valence-corrected chi connectivity index (χ0v) is 21.7. The van der Waals surface area contributed by atoms with Gasteiger partial charge in [-0.15, -0.1) is 0 Å². The summed E-state index contributed by atoms with van der Waals surface area (Å²) in [5, 5.41) is 9.54. The summed E-state index contributed by atoms with van der Waals surface area (Å²) in [6, 6.07) is 14.5. The van der Waals surface area contributed by atoms with Crippen LogP contribution in [0, 0.1) is 17.8 Å². The number of benzene rings is 1. The standard InChI is InChI=1S/C29H40N4O3/c1-30(2)26-8-6-21(7-9-26)16-31-12-10-23(15-29(35)36)24(19-31)11-13-32-17-22-14-25(20-32)27-4-3-5-28(34)33(27)18-22/h3-9,22-25H,10-20H2,1-2H3,(H,35,36)/t22-,23-,24-,25+/m0/s1. The molecule has 2 bridgehead atoms. The van der Waals surface area contributed by atoms with E-state index < -0.39 is 5.97 Å². The molecular weight excluding hydrogens is 452 g/mol. The molecule has 0 aliphatic carbocycles. The van der Waals surface area contributed by atoms with Crippen molar-refractivity contribution in [2.45, 2.75) is 44.7 Å². The lowest BCUT2D eigenvalue weighted by Gasteiger charge is -2.44. The Labute approximate surface area is 214 Å². The molecule has 0 spiro atoms. The highest BCUT2D eigenvalue weighted by molar-refractivity contribution is 5.67. The van der Waals surface area contributed by atoms with Crippen molar-refractivity contribution in [3.63, 3.8) is 0 Å². The molecule has 5 rings (SSSR count). The average Bonchev–Trinajstić information content (AvgIpc) is 2.85. The first-order valence-corrected chi connectivity index (χ1v) is 13.5. The summed E-state index contributed by atoms with van der Waals surface area (Å²) in [6.45, 7) is 6.72. The second-order valence-electron chi connectivity index (χ2n) is 11.4. The summed E-state index contributed by atoms with van der Waals surface area (Å²) in [5.74, 6) is 0.923. The number of aliphatic carboxylic acids is 1. The average molecular weight is 493 g/mol. The number of rotatable bonds is 8. The van der Waals surface area contributed by atoms with Gasteiger partial charge in [0, 0.05) is 76.6 Å². The van der Waals surface area contributed by atoms with Gasteiger partial charge in [-0.2, -0.15) is 0 Å². The van der Waals surface area contributed by atoms with Crippen molar-refractivity contribution in [2.75, 3.05) is 51.7 Å². The van der Waals surface area contributed by atoms with E-state index >= 15 is 0 Å². The largest absolute Gasteiger partial charge is 0.481 e. The third kappa shape index (κ3) is 5.68. The quantitative estimate of drug-likeness (QED) is 0.610. The van der Waals surface area contributed by atoms with Crippen LogP contribution in [0.1, 0.15) is 42.9 Å². The van der Waals surface area contributed by atoms with Crippen LogP contribution in [0.5, 0.6) is 0 Å². The Hall–Kier alpha value is -2.64. The minimum atomic E-state index is -0.674. The predicted octanol–water partition coefficient (Wildman–Crippen LogP) is 3.34. The first kappa shape index (κ1) is 25.0. The van der Waals surface area contributed by atoms with Crippen molar-refractivity contribution in [1.29, 1.82) is 0 Å². The summed E-state index contributed by atoms with van der Waals surface area (Å²) >= 11 is 0. The van der Waals surface area contributed by atoms with Gasteiger partial charge < -0.3 is 19.5 Å². The SMILES string of the molecule is CN(C)c1ccc(CN2CC[C@@H](CC(=O)O)[C@@H](CCN3C[C@@H]4C[C@H](C3)c3cccc(=O)n3C4)C2)cc1. The molecule has 7 nitrogen and oxygen atoms in total. The fourth-order valence-corrected chi connectivity index (χ4v) is 6.80. The second kappa shape index (κ2) is 10.8. The van der Waals surface area contributed by atoms with Crippen molar-refractivity contribution >= 4 is 11.7 Å². The number of pyridine rings is 1. The van der Waals surface area contributed by atoms with Crippen LogP contribution < -0.4 is 10.5 Å². The first-order valence-electron chi connectivity index (χ1n) is 13.5. The van der Waals surface area contributed by atoms with Gasteiger partial charge in [0.05, 0.1) is 0 Å². The Kier molecular flexibility index (Phi) is 7.49. The molecule has 1 aromatic heterocycles. The Bertz CT molecular complexity index is 1110. The van der Waals surface area contributed by atoms with Crippen molar-refractivity contribution in [3.8, 4) is 0 Å². The van der Waals surface area contributed by atoms with Crippen molar-refractivity contribution in [1.82, 2.24) is 14.4 Å². The van der Waals surface area contributed by atoms with Crippen molar-refractivity contribution < 1.29 is 9.90 Å². The summed E-state index contributed by atoms with van der Waals surface area (Å²) in [5.41, 5.74) is 3.84. The monoisotopic (exact) mass is 492 g/mol. The minimum absolute atomic E-state index is 0.130. The maximum Gasteiger partial charge on any atom is 0.303 e. The second-order valence-corrected chi connectivity index (χ2v) is 11.4. The van der Waals surface area contributed by atoms with Crippen molar-refractivity contribution in [3.05, 3.63) is 64.1 Å². The number of hydrogen-bond donors (Lipinski definition) is 1. The molecule has 7 heteroatoms. The van der Waals surface area contributed by atoms with Crippen LogP contribution in [0.25, 0.3) is 0 Å². The molecule has 1 aromatic carbocycles. The molecular formula is C29H40N4O3. The molecule has 2 aromatic rings. The van der Waals surface area contributed by atoms with E-state index in [0.29, 0.717) is 17.8 Å². The number of nitrogens with zero attached hydrogens (tertiary/aromatic N) is 4. The third-order valence-corrected chi connectivity index (χ3v) is 8.64. The molecule has 0 amide bonds. The highest BCUT2D eigenvalue weighted by atomic mass is 16.4. The zero-order chi connectivity index (χ0) is 25.2. The van der Waals surface area contributed by atoms with E-state index in [-0.39, 0.29) is 17.9 Å². The van der Waals surface area contributed by atoms with E-state index in [1.165, 1.54) is 23.4 Å². The minimum Gasteiger partial charge on any atom is -0.481 e. The van der Waals surface area contributed by atoms with E-state index in [9.17, 15) is 14.7 Å². The van der Waals surface area contributed by atoms with E-state index in [1.807, 2.05) is 10.6 Å². The topological polar surface area (TPSA) is 69.0 Å². The molecule has 0 unspecified atom stereocenters. The van der Waals surface area contributed by atoms with Gasteiger partial charge in [-0.25, -0.2) is 0 Å². The molecule has 0 radical (unpaired) electrons. The van der Waals surface area contributed by atoms with Gasteiger partial charge in [0.25, 0.3) is 5.56 Å². The van der Waals surface area contributed by atoms with Gasteiger partial charge in [-0.1, -0.05) is 18.2 Å². The molecule has 3 aliphatic heterocycles. The highest BCUT2D eigenvalue weighted by Gasteiger charge is 2.36. The van der Waals surface area contributed by atoms with E-state index in [2.05, 4.69) is 59.1 Å². The van der Waals surface area contributed by atoms with Gasteiger partial charge in [-0.3, -0.25) is 14.5 Å². The first-order chi connectivity index (χ1) is 17.4. The van der Waals surface area contributed by atoms with Gasteiger partial charge in [0.15, 0.2) is 0 Å². The lowest BCUT2D eigenvalue weighted by molar-refractivity contribution is -0.139. The molecule has 3 aliphatic rings. The van der Waals surface area contributed by atoms with E-state index in [1.54, 1.807) is 6.07 Å². The van der Waals surface area contributed by atoms with Crippen LogP contribution >= 0.6 is 0 Å². The number of piperidine rings is 2. The molecule has 36 heavy (non-hydrogen) atoms. The molecule has 2 saturated heterocycles. The number of carboxylic acid groups (broad SMARTS) is 1. The van der Waals surface area contributed by atoms with Gasteiger partial charge in [0.1, 0.15) is 0 Å². The van der Waals surface area contributed by atoms with E-state index in [0.717, 1.165) is 58.7 Å². The lowest BCUT2D eigenvalue weighted by atomic mass is 9.80. The van der Waals surface area contributed by atoms with Gasteiger partial charge in [0.2, 0.25) is 0 Å². The third-order valence-electron chi connectivity index (χ3n) is 8.64. The Morgan fingerprint density at radius 2 is 1.81 bits per heavy atom. The van der Waals surface area contributed by atoms with Crippen LogP contribution in [-0.2, 0) is 17.9 Å². The van der Waals surface area contributed by atoms with Crippen LogP contribution in [0.3, 0.4) is 0 Å². The number of likely N-dealkylation sites (tertiary alicyclic amines) is 2. The normalized spacial score (nSPS) is 26.4.